The third-order valence-electron chi connectivity index (χ3n) is 3.49. The molecule has 0 bridgehead atoms. The van der Waals surface area contributed by atoms with E-state index in [1.54, 1.807) is 0 Å². The van der Waals surface area contributed by atoms with Crippen molar-refractivity contribution in [3.05, 3.63) is 0 Å². The Labute approximate surface area is 93.6 Å². The Morgan fingerprint density at radius 2 is 1.80 bits per heavy atom. The van der Waals surface area contributed by atoms with Crippen LogP contribution in [0.3, 0.4) is 0 Å². The Bertz CT molecular complexity index is 211. The Hall–Kier alpha value is -0.370. The number of carbonyl (C=O) groups excluding carboxylic acids is 1. The fraction of sp³-hybridized carbons (Fsp3) is 0.923. The van der Waals surface area contributed by atoms with Crippen LogP contribution in [0, 0.1) is 11.3 Å². The molecule has 1 fully saturated rings. The lowest BCUT2D eigenvalue weighted by Gasteiger charge is -2.28. The second kappa shape index (κ2) is 5.11. The highest BCUT2D eigenvalue weighted by Crippen LogP contribution is 2.28. The fourth-order valence-corrected chi connectivity index (χ4v) is 2.29. The first kappa shape index (κ1) is 12.7. The maximum Gasteiger partial charge on any atom is 0.150 e. The second-order valence-electron chi connectivity index (χ2n) is 6.02. The minimum absolute atomic E-state index is 0.0915. The number of nitrogens with two attached hydrogens (primary N) is 1. The monoisotopic (exact) mass is 211 g/mol. The van der Waals surface area contributed by atoms with Crippen molar-refractivity contribution in [2.24, 2.45) is 17.1 Å². The van der Waals surface area contributed by atoms with Crippen LogP contribution in [-0.2, 0) is 4.79 Å². The van der Waals surface area contributed by atoms with Gasteiger partial charge >= 0.3 is 0 Å². The smallest absolute Gasteiger partial charge is 0.150 e. The summed E-state index contributed by atoms with van der Waals surface area (Å²) in [5.74, 6) is 0.869. The summed E-state index contributed by atoms with van der Waals surface area (Å²) < 4.78 is 0. The molecule has 1 atom stereocenters. The summed E-state index contributed by atoms with van der Waals surface area (Å²) in [4.78, 5) is 11.9. The zero-order valence-corrected chi connectivity index (χ0v) is 10.4. The third-order valence-corrected chi connectivity index (χ3v) is 3.49. The predicted octanol–water partition coefficient (Wildman–Crippen LogP) is 2.90. The van der Waals surface area contributed by atoms with Crippen LogP contribution in [0.5, 0.6) is 0 Å². The molecule has 0 aromatic heterocycles. The molecule has 2 heteroatoms. The van der Waals surface area contributed by atoms with E-state index in [1.807, 2.05) is 20.8 Å². The van der Waals surface area contributed by atoms with Crippen molar-refractivity contribution >= 4 is 5.78 Å². The van der Waals surface area contributed by atoms with E-state index in [0.717, 1.165) is 0 Å². The number of rotatable bonds is 3. The molecule has 0 aromatic rings. The van der Waals surface area contributed by atoms with E-state index in [2.05, 4.69) is 0 Å². The Balaban J connectivity index is 2.40. The molecule has 1 rings (SSSR count). The van der Waals surface area contributed by atoms with Gasteiger partial charge in [0.2, 0.25) is 0 Å². The minimum atomic E-state index is -0.292. The normalized spacial score (nSPS) is 21.3. The molecule has 1 unspecified atom stereocenters. The maximum atomic E-state index is 11.9. The first-order chi connectivity index (χ1) is 6.91. The van der Waals surface area contributed by atoms with Gasteiger partial charge in [0, 0.05) is 6.42 Å². The highest BCUT2D eigenvalue weighted by atomic mass is 16.1. The van der Waals surface area contributed by atoms with E-state index in [4.69, 9.17) is 5.73 Å². The molecule has 2 N–H and O–H groups in total. The highest BCUT2D eigenvalue weighted by Gasteiger charge is 2.29. The van der Waals surface area contributed by atoms with Crippen LogP contribution >= 0.6 is 0 Å². The van der Waals surface area contributed by atoms with E-state index in [1.165, 1.54) is 32.1 Å². The van der Waals surface area contributed by atoms with Gasteiger partial charge in [-0.3, -0.25) is 4.79 Å². The van der Waals surface area contributed by atoms with Crippen molar-refractivity contribution in [3.8, 4) is 0 Å². The van der Waals surface area contributed by atoms with E-state index < -0.39 is 0 Å². The maximum absolute atomic E-state index is 11.9. The van der Waals surface area contributed by atoms with Gasteiger partial charge in [-0.1, -0.05) is 52.9 Å². The lowest BCUT2D eigenvalue weighted by atomic mass is 9.79. The van der Waals surface area contributed by atoms with Crippen molar-refractivity contribution in [2.75, 3.05) is 0 Å². The van der Waals surface area contributed by atoms with Gasteiger partial charge in [0.1, 0.15) is 5.78 Å². The number of carbonyl (C=O) groups is 1. The molecule has 0 amide bonds. The number of ketones is 1. The molecule has 0 radical (unpaired) electrons. The van der Waals surface area contributed by atoms with Gasteiger partial charge in [0.25, 0.3) is 0 Å². The Morgan fingerprint density at radius 3 is 2.27 bits per heavy atom. The van der Waals surface area contributed by atoms with Gasteiger partial charge in [0.15, 0.2) is 0 Å². The molecule has 1 aliphatic carbocycles. The van der Waals surface area contributed by atoms with Crippen molar-refractivity contribution < 1.29 is 4.79 Å². The average molecular weight is 211 g/mol. The summed E-state index contributed by atoms with van der Waals surface area (Å²) in [5, 5.41) is 0. The summed E-state index contributed by atoms with van der Waals surface area (Å²) >= 11 is 0. The van der Waals surface area contributed by atoms with Crippen LogP contribution < -0.4 is 5.73 Å². The summed E-state index contributed by atoms with van der Waals surface area (Å²) in [6.45, 7) is 6.11. The molecule has 0 heterocycles. The Kier molecular flexibility index (Phi) is 4.32. The zero-order valence-electron chi connectivity index (χ0n) is 10.4. The SMILES string of the molecule is CC(C)(C)C(N)C(=O)CC1CCCCC1. The fourth-order valence-electron chi connectivity index (χ4n) is 2.29. The summed E-state index contributed by atoms with van der Waals surface area (Å²) in [6.07, 6.45) is 7.09. The lowest BCUT2D eigenvalue weighted by Crippen LogP contribution is -2.43. The van der Waals surface area contributed by atoms with Crippen LogP contribution in [-0.4, -0.2) is 11.8 Å². The molecule has 0 saturated heterocycles. The first-order valence-electron chi connectivity index (χ1n) is 6.19. The van der Waals surface area contributed by atoms with Gasteiger partial charge < -0.3 is 5.73 Å². The van der Waals surface area contributed by atoms with Crippen LogP contribution in [0.1, 0.15) is 59.3 Å². The molecule has 0 spiro atoms. The quantitative estimate of drug-likeness (QED) is 0.780. The molecule has 0 aliphatic heterocycles. The zero-order chi connectivity index (χ0) is 11.5. The van der Waals surface area contributed by atoms with E-state index in [9.17, 15) is 4.79 Å². The molecular formula is C13H25NO. The molecule has 1 aliphatic rings. The second-order valence-corrected chi connectivity index (χ2v) is 6.02. The number of hydrogen-bond donors (Lipinski definition) is 1. The molecule has 2 nitrogen and oxygen atoms in total. The van der Waals surface area contributed by atoms with Gasteiger partial charge in [-0.05, 0) is 11.3 Å². The van der Waals surface area contributed by atoms with Crippen molar-refractivity contribution in [1.82, 2.24) is 0 Å². The van der Waals surface area contributed by atoms with Gasteiger partial charge in [-0.25, -0.2) is 0 Å². The first-order valence-corrected chi connectivity index (χ1v) is 6.19. The summed E-state index contributed by atoms with van der Waals surface area (Å²) in [5.41, 5.74) is 5.87. The lowest BCUT2D eigenvalue weighted by molar-refractivity contribution is -0.123. The van der Waals surface area contributed by atoms with E-state index in [-0.39, 0.29) is 17.2 Å². The van der Waals surface area contributed by atoms with Crippen LogP contribution in [0.4, 0.5) is 0 Å². The largest absolute Gasteiger partial charge is 0.321 e. The third kappa shape index (κ3) is 3.94. The molecular weight excluding hydrogens is 186 g/mol. The average Bonchev–Trinajstić information content (AvgIpc) is 2.16. The van der Waals surface area contributed by atoms with E-state index >= 15 is 0 Å². The van der Waals surface area contributed by atoms with Crippen molar-refractivity contribution in [2.45, 2.75) is 65.3 Å². The van der Waals surface area contributed by atoms with Crippen LogP contribution in [0.25, 0.3) is 0 Å². The van der Waals surface area contributed by atoms with Crippen LogP contribution in [0.2, 0.25) is 0 Å². The van der Waals surface area contributed by atoms with E-state index in [0.29, 0.717) is 12.3 Å². The molecule has 0 aromatic carbocycles. The van der Waals surface area contributed by atoms with Gasteiger partial charge in [-0.2, -0.15) is 0 Å². The van der Waals surface area contributed by atoms with Gasteiger partial charge in [0.05, 0.1) is 6.04 Å². The molecule has 15 heavy (non-hydrogen) atoms. The summed E-state index contributed by atoms with van der Waals surface area (Å²) in [6, 6.07) is -0.292. The summed E-state index contributed by atoms with van der Waals surface area (Å²) in [7, 11) is 0. The minimum Gasteiger partial charge on any atom is -0.321 e. The molecule has 1 saturated carbocycles. The number of hydrogen-bond acceptors (Lipinski definition) is 2. The standard InChI is InChI=1S/C13H25NO/c1-13(2,3)12(14)11(15)9-10-7-5-4-6-8-10/h10,12H,4-9,14H2,1-3H3. The Morgan fingerprint density at radius 1 is 1.27 bits per heavy atom. The van der Waals surface area contributed by atoms with Crippen LogP contribution in [0.15, 0.2) is 0 Å². The highest BCUT2D eigenvalue weighted by molar-refractivity contribution is 5.84. The van der Waals surface area contributed by atoms with Gasteiger partial charge in [-0.15, -0.1) is 0 Å². The van der Waals surface area contributed by atoms with Crippen molar-refractivity contribution in [3.63, 3.8) is 0 Å². The predicted molar refractivity (Wildman–Crippen MR) is 63.6 cm³/mol. The molecule has 88 valence electrons. The van der Waals surface area contributed by atoms with Crippen molar-refractivity contribution in [1.29, 1.82) is 0 Å². The number of Topliss-reactive ketones (excluding diaryl/α,β-unsaturated/α-hetero) is 1. The topological polar surface area (TPSA) is 43.1 Å².